The SMILES string of the molecule is CCCNCCS(=O)(=O)NCc1cccc(Br)c1. The van der Waals surface area contributed by atoms with Gasteiger partial charge in [-0.25, -0.2) is 13.1 Å². The van der Waals surface area contributed by atoms with Crippen molar-refractivity contribution < 1.29 is 8.42 Å². The molecule has 0 spiro atoms. The zero-order chi connectivity index (χ0) is 13.4. The lowest BCUT2D eigenvalue weighted by Gasteiger charge is -2.07. The molecule has 0 heterocycles. The fourth-order valence-electron chi connectivity index (χ4n) is 1.42. The van der Waals surface area contributed by atoms with Crippen LogP contribution in [0.5, 0.6) is 0 Å². The zero-order valence-electron chi connectivity index (χ0n) is 10.4. The van der Waals surface area contributed by atoms with Gasteiger partial charge in [-0.2, -0.15) is 0 Å². The number of halogens is 1. The molecule has 1 aromatic rings. The Morgan fingerprint density at radius 3 is 2.72 bits per heavy atom. The summed E-state index contributed by atoms with van der Waals surface area (Å²) in [5.74, 6) is 0.112. The Bertz CT molecular complexity index is 463. The van der Waals surface area contributed by atoms with Crippen molar-refractivity contribution in [2.45, 2.75) is 19.9 Å². The number of sulfonamides is 1. The fraction of sp³-hybridized carbons (Fsp3) is 0.500. The van der Waals surface area contributed by atoms with Crippen molar-refractivity contribution in [3.05, 3.63) is 34.3 Å². The van der Waals surface area contributed by atoms with Crippen molar-refractivity contribution in [1.29, 1.82) is 0 Å². The van der Waals surface area contributed by atoms with Crippen LogP contribution < -0.4 is 10.0 Å². The van der Waals surface area contributed by atoms with Crippen LogP contribution >= 0.6 is 15.9 Å². The Morgan fingerprint density at radius 1 is 1.28 bits per heavy atom. The van der Waals surface area contributed by atoms with Crippen LogP contribution in [0.3, 0.4) is 0 Å². The molecule has 1 rings (SSSR count). The summed E-state index contributed by atoms with van der Waals surface area (Å²) in [7, 11) is -3.20. The molecule has 0 aliphatic rings. The van der Waals surface area contributed by atoms with Gasteiger partial charge in [0.25, 0.3) is 0 Å². The minimum absolute atomic E-state index is 0.112. The third-order valence-corrected chi connectivity index (χ3v) is 4.18. The van der Waals surface area contributed by atoms with Gasteiger partial charge >= 0.3 is 0 Å². The Morgan fingerprint density at radius 2 is 2.06 bits per heavy atom. The van der Waals surface area contributed by atoms with Gasteiger partial charge < -0.3 is 5.32 Å². The van der Waals surface area contributed by atoms with E-state index in [1.807, 2.05) is 31.2 Å². The van der Waals surface area contributed by atoms with Crippen molar-refractivity contribution in [1.82, 2.24) is 10.0 Å². The molecule has 2 N–H and O–H groups in total. The van der Waals surface area contributed by atoms with Crippen molar-refractivity contribution in [3.8, 4) is 0 Å². The third-order valence-electron chi connectivity index (χ3n) is 2.36. The molecule has 0 atom stereocenters. The molecule has 4 nitrogen and oxygen atoms in total. The number of hydrogen-bond donors (Lipinski definition) is 2. The molecule has 18 heavy (non-hydrogen) atoms. The first kappa shape index (κ1) is 15.6. The third kappa shape index (κ3) is 6.49. The van der Waals surface area contributed by atoms with Gasteiger partial charge in [0, 0.05) is 17.6 Å². The largest absolute Gasteiger partial charge is 0.316 e. The molecule has 0 saturated heterocycles. The summed E-state index contributed by atoms with van der Waals surface area (Å²) in [4.78, 5) is 0. The number of rotatable bonds is 8. The van der Waals surface area contributed by atoms with Crippen LogP contribution in [0.4, 0.5) is 0 Å². The summed E-state index contributed by atoms with van der Waals surface area (Å²) in [6.45, 7) is 3.71. The van der Waals surface area contributed by atoms with E-state index in [2.05, 4.69) is 26.0 Å². The van der Waals surface area contributed by atoms with E-state index in [-0.39, 0.29) is 5.75 Å². The Labute approximate surface area is 117 Å². The van der Waals surface area contributed by atoms with Crippen LogP contribution in [0.2, 0.25) is 0 Å². The fourth-order valence-corrected chi connectivity index (χ4v) is 2.81. The summed E-state index contributed by atoms with van der Waals surface area (Å²) in [5, 5.41) is 3.07. The van der Waals surface area contributed by atoms with E-state index < -0.39 is 10.0 Å². The van der Waals surface area contributed by atoms with E-state index in [1.54, 1.807) is 0 Å². The van der Waals surface area contributed by atoms with Crippen LogP contribution in [0.25, 0.3) is 0 Å². The summed E-state index contributed by atoms with van der Waals surface area (Å²) in [5.41, 5.74) is 0.939. The number of hydrogen-bond acceptors (Lipinski definition) is 3. The second-order valence-corrected chi connectivity index (χ2v) is 6.86. The molecule has 0 fully saturated rings. The molecule has 0 aromatic heterocycles. The van der Waals surface area contributed by atoms with Crippen molar-refractivity contribution >= 4 is 26.0 Å². The highest BCUT2D eigenvalue weighted by molar-refractivity contribution is 9.10. The highest BCUT2D eigenvalue weighted by Gasteiger charge is 2.09. The van der Waals surface area contributed by atoms with E-state index in [9.17, 15) is 8.42 Å². The molecular formula is C12H19BrN2O2S. The average molecular weight is 335 g/mol. The molecule has 0 amide bonds. The lowest BCUT2D eigenvalue weighted by molar-refractivity contribution is 0.576. The van der Waals surface area contributed by atoms with Gasteiger partial charge in [-0.3, -0.25) is 0 Å². The minimum Gasteiger partial charge on any atom is -0.316 e. The van der Waals surface area contributed by atoms with E-state index in [0.29, 0.717) is 13.1 Å². The molecular weight excluding hydrogens is 316 g/mol. The molecule has 0 bridgehead atoms. The van der Waals surface area contributed by atoms with Crippen LogP contribution in [-0.2, 0) is 16.6 Å². The highest BCUT2D eigenvalue weighted by Crippen LogP contribution is 2.11. The predicted octanol–water partition coefficient (Wildman–Crippen LogP) is 1.87. The van der Waals surface area contributed by atoms with Gasteiger partial charge in [0.05, 0.1) is 5.75 Å². The molecule has 0 aliphatic heterocycles. The first-order chi connectivity index (χ1) is 8.53. The van der Waals surface area contributed by atoms with E-state index >= 15 is 0 Å². The normalized spacial score (nSPS) is 11.7. The van der Waals surface area contributed by atoms with Gasteiger partial charge in [0.1, 0.15) is 0 Å². The molecule has 0 unspecified atom stereocenters. The van der Waals surface area contributed by atoms with Gasteiger partial charge in [0.15, 0.2) is 0 Å². The van der Waals surface area contributed by atoms with Crippen molar-refractivity contribution in [2.75, 3.05) is 18.8 Å². The predicted molar refractivity (Wildman–Crippen MR) is 77.9 cm³/mol. The molecule has 0 radical (unpaired) electrons. The Hall–Kier alpha value is -0.430. The average Bonchev–Trinajstić information content (AvgIpc) is 2.33. The van der Waals surface area contributed by atoms with E-state index in [4.69, 9.17) is 0 Å². The monoisotopic (exact) mass is 334 g/mol. The van der Waals surface area contributed by atoms with Crippen LogP contribution in [0.1, 0.15) is 18.9 Å². The van der Waals surface area contributed by atoms with Crippen LogP contribution in [0, 0.1) is 0 Å². The van der Waals surface area contributed by atoms with Gasteiger partial charge in [-0.05, 0) is 30.7 Å². The Balaban J connectivity index is 2.37. The smallest absolute Gasteiger partial charge is 0.213 e. The van der Waals surface area contributed by atoms with Gasteiger partial charge in [-0.1, -0.05) is 35.0 Å². The zero-order valence-corrected chi connectivity index (χ0v) is 12.9. The quantitative estimate of drug-likeness (QED) is 0.713. The molecule has 102 valence electrons. The van der Waals surface area contributed by atoms with E-state index in [0.717, 1.165) is 23.0 Å². The molecule has 6 heteroatoms. The molecule has 1 aromatic carbocycles. The first-order valence-corrected chi connectivity index (χ1v) is 8.40. The molecule has 0 saturated carbocycles. The summed E-state index contributed by atoms with van der Waals surface area (Å²) < 4.78 is 26.9. The number of benzene rings is 1. The standard InChI is InChI=1S/C12H19BrN2O2S/c1-2-6-14-7-8-18(16,17)15-10-11-4-3-5-12(13)9-11/h3-5,9,14-15H,2,6-8,10H2,1H3. The number of nitrogens with one attached hydrogen (secondary N) is 2. The summed E-state index contributed by atoms with van der Waals surface area (Å²) >= 11 is 3.35. The second-order valence-electron chi connectivity index (χ2n) is 4.02. The maximum Gasteiger partial charge on any atom is 0.213 e. The van der Waals surface area contributed by atoms with Crippen LogP contribution in [-0.4, -0.2) is 27.3 Å². The lowest BCUT2D eigenvalue weighted by Crippen LogP contribution is -2.31. The molecule has 0 aliphatic carbocycles. The second kappa shape index (κ2) is 7.89. The maximum absolute atomic E-state index is 11.7. The van der Waals surface area contributed by atoms with Crippen molar-refractivity contribution in [3.63, 3.8) is 0 Å². The first-order valence-electron chi connectivity index (χ1n) is 5.96. The van der Waals surface area contributed by atoms with E-state index in [1.165, 1.54) is 0 Å². The Kier molecular flexibility index (Phi) is 6.85. The van der Waals surface area contributed by atoms with Crippen molar-refractivity contribution in [2.24, 2.45) is 0 Å². The maximum atomic E-state index is 11.7. The minimum atomic E-state index is -3.20. The van der Waals surface area contributed by atoms with Crippen LogP contribution in [0.15, 0.2) is 28.7 Å². The summed E-state index contributed by atoms with van der Waals surface area (Å²) in [6.07, 6.45) is 1.01. The van der Waals surface area contributed by atoms with Gasteiger partial charge in [-0.15, -0.1) is 0 Å². The van der Waals surface area contributed by atoms with Gasteiger partial charge in [0.2, 0.25) is 10.0 Å². The lowest BCUT2D eigenvalue weighted by atomic mass is 10.2. The topological polar surface area (TPSA) is 58.2 Å². The highest BCUT2D eigenvalue weighted by atomic mass is 79.9. The summed E-state index contributed by atoms with van der Waals surface area (Å²) in [6, 6.07) is 7.59.